The number of rotatable bonds is 0. The summed E-state index contributed by atoms with van der Waals surface area (Å²) in [6, 6.07) is 6.36. The monoisotopic (exact) mass is 177 g/mol. The van der Waals surface area contributed by atoms with Gasteiger partial charge in [-0.2, -0.15) is 13.2 Å². The average molecular weight is 177 g/mol. The van der Waals surface area contributed by atoms with Crippen LogP contribution in [0.15, 0.2) is 30.3 Å². The van der Waals surface area contributed by atoms with Crippen LogP contribution in [0.1, 0.15) is 5.56 Å². The molecule has 0 unspecified atom stereocenters. The minimum Gasteiger partial charge on any atom is -0.333 e. The van der Waals surface area contributed by atoms with E-state index in [2.05, 4.69) is 5.73 Å². The number of hydrogen-bond donors (Lipinski definition) is 1. The Balaban J connectivity index is 0.000000561. The van der Waals surface area contributed by atoms with Crippen LogP contribution in [0.3, 0.4) is 0 Å². The molecule has 0 radical (unpaired) electrons. The van der Waals surface area contributed by atoms with Crippen molar-refractivity contribution in [3.63, 3.8) is 0 Å². The molecule has 68 valence electrons. The highest BCUT2D eigenvalue weighted by atomic mass is 19.4. The van der Waals surface area contributed by atoms with Gasteiger partial charge in [0.05, 0.1) is 5.56 Å². The summed E-state index contributed by atoms with van der Waals surface area (Å²) in [6.45, 7) is 0. The van der Waals surface area contributed by atoms with Crippen molar-refractivity contribution in [2.45, 2.75) is 6.18 Å². The Morgan fingerprint density at radius 1 is 1.00 bits per heavy atom. The molecule has 2 N–H and O–H groups in total. The van der Waals surface area contributed by atoms with Crippen LogP contribution in [-0.4, -0.2) is 7.05 Å². The lowest BCUT2D eigenvalue weighted by atomic mass is 10.2. The highest BCUT2D eigenvalue weighted by Crippen LogP contribution is 2.28. The number of nitrogens with two attached hydrogens (primary N) is 1. The maximum absolute atomic E-state index is 11.8. The Kier molecular flexibility index (Phi) is 4.36. The molecule has 0 saturated heterocycles. The third kappa shape index (κ3) is 3.39. The van der Waals surface area contributed by atoms with Crippen molar-refractivity contribution in [3.05, 3.63) is 35.9 Å². The van der Waals surface area contributed by atoms with Crippen molar-refractivity contribution in [2.24, 2.45) is 5.73 Å². The fraction of sp³-hybridized carbons (Fsp3) is 0.250. The largest absolute Gasteiger partial charge is 0.416 e. The molecule has 0 aliphatic carbocycles. The van der Waals surface area contributed by atoms with Crippen LogP contribution in [-0.2, 0) is 6.18 Å². The fourth-order valence-corrected chi connectivity index (χ4v) is 0.627. The van der Waals surface area contributed by atoms with Crippen LogP contribution < -0.4 is 5.73 Å². The highest BCUT2D eigenvalue weighted by molar-refractivity contribution is 5.17. The zero-order chi connectivity index (χ0) is 9.61. The third-order valence-corrected chi connectivity index (χ3v) is 1.10. The predicted octanol–water partition coefficient (Wildman–Crippen LogP) is 2.28. The van der Waals surface area contributed by atoms with Gasteiger partial charge in [0.15, 0.2) is 0 Å². The molecule has 0 aliphatic heterocycles. The fourth-order valence-electron chi connectivity index (χ4n) is 0.627. The van der Waals surface area contributed by atoms with Gasteiger partial charge in [-0.3, -0.25) is 0 Å². The van der Waals surface area contributed by atoms with E-state index in [0.717, 1.165) is 12.1 Å². The number of alkyl halides is 3. The number of hydrogen-bond acceptors (Lipinski definition) is 1. The molecule has 12 heavy (non-hydrogen) atoms. The molecule has 0 fully saturated rings. The second-order valence-corrected chi connectivity index (χ2v) is 1.86. The van der Waals surface area contributed by atoms with Gasteiger partial charge in [0, 0.05) is 0 Å². The molecule has 1 aromatic rings. The summed E-state index contributed by atoms with van der Waals surface area (Å²) < 4.78 is 35.4. The molecule has 1 rings (SSSR count). The SMILES string of the molecule is CN.FC(F)(F)c1ccccc1. The highest BCUT2D eigenvalue weighted by Gasteiger charge is 2.29. The Hall–Kier alpha value is -1.03. The minimum absolute atomic E-state index is 0.602. The maximum atomic E-state index is 11.8. The predicted molar refractivity (Wildman–Crippen MR) is 41.6 cm³/mol. The van der Waals surface area contributed by atoms with E-state index in [1.807, 2.05) is 0 Å². The molecule has 1 nitrogen and oxygen atoms in total. The van der Waals surface area contributed by atoms with Crippen LogP contribution in [0.25, 0.3) is 0 Å². The van der Waals surface area contributed by atoms with E-state index >= 15 is 0 Å². The van der Waals surface area contributed by atoms with Crippen molar-refractivity contribution in [1.82, 2.24) is 0 Å². The molecule has 0 spiro atoms. The van der Waals surface area contributed by atoms with E-state index in [1.165, 1.54) is 19.2 Å². The van der Waals surface area contributed by atoms with Gasteiger partial charge in [-0.1, -0.05) is 30.3 Å². The van der Waals surface area contributed by atoms with E-state index in [9.17, 15) is 13.2 Å². The van der Waals surface area contributed by atoms with E-state index in [4.69, 9.17) is 0 Å². The Morgan fingerprint density at radius 2 is 1.42 bits per heavy atom. The molecule has 4 heteroatoms. The van der Waals surface area contributed by atoms with Crippen LogP contribution in [0.2, 0.25) is 0 Å². The topological polar surface area (TPSA) is 26.0 Å². The Bertz CT molecular complexity index is 205. The van der Waals surface area contributed by atoms with Gasteiger partial charge >= 0.3 is 6.18 Å². The first-order chi connectivity index (χ1) is 5.61. The van der Waals surface area contributed by atoms with E-state index < -0.39 is 11.7 Å². The smallest absolute Gasteiger partial charge is 0.333 e. The summed E-state index contributed by atoms with van der Waals surface area (Å²) in [5.74, 6) is 0. The molecule has 0 aliphatic rings. The normalized spacial score (nSPS) is 10.1. The number of halogens is 3. The molecule has 0 aromatic heterocycles. The van der Waals surface area contributed by atoms with Gasteiger partial charge in [0.2, 0.25) is 0 Å². The lowest BCUT2D eigenvalue weighted by Crippen LogP contribution is -2.03. The van der Waals surface area contributed by atoms with Gasteiger partial charge in [-0.05, 0) is 7.05 Å². The van der Waals surface area contributed by atoms with Crippen molar-refractivity contribution >= 4 is 0 Å². The molecule has 0 heterocycles. The van der Waals surface area contributed by atoms with Crippen molar-refractivity contribution in [3.8, 4) is 0 Å². The van der Waals surface area contributed by atoms with E-state index in [1.54, 1.807) is 6.07 Å². The van der Waals surface area contributed by atoms with Gasteiger partial charge in [-0.15, -0.1) is 0 Å². The zero-order valence-electron chi connectivity index (χ0n) is 6.60. The van der Waals surface area contributed by atoms with Crippen molar-refractivity contribution < 1.29 is 13.2 Å². The second-order valence-electron chi connectivity index (χ2n) is 1.86. The van der Waals surface area contributed by atoms with E-state index in [0.29, 0.717) is 0 Å². The summed E-state index contributed by atoms with van der Waals surface area (Å²) in [7, 11) is 1.50. The average Bonchev–Trinajstić information content (AvgIpc) is 2.08. The van der Waals surface area contributed by atoms with E-state index in [-0.39, 0.29) is 0 Å². The second kappa shape index (κ2) is 4.77. The first kappa shape index (κ1) is 11.0. The van der Waals surface area contributed by atoms with Crippen LogP contribution >= 0.6 is 0 Å². The summed E-state index contributed by atoms with van der Waals surface area (Å²) in [5, 5.41) is 0. The van der Waals surface area contributed by atoms with Crippen molar-refractivity contribution in [1.29, 1.82) is 0 Å². The van der Waals surface area contributed by atoms with Gasteiger partial charge < -0.3 is 5.73 Å². The summed E-state index contributed by atoms with van der Waals surface area (Å²) in [4.78, 5) is 0. The minimum atomic E-state index is -4.21. The zero-order valence-corrected chi connectivity index (χ0v) is 6.60. The van der Waals surface area contributed by atoms with Crippen molar-refractivity contribution in [2.75, 3.05) is 7.05 Å². The third-order valence-electron chi connectivity index (χ3n) is 1.10. The molecular formula is C8H10F3N. The Labute approximate surface area is 69.0 Å². The lowest BCUT2D eigenvalue weighted by Gasteiger charge is -2.03. The number of benzene rings is 1. The summed E-state index contributed by atoms with van der Waals surface area (Å²) in [6.07, 6.45) is -4.21. The maximum Gasteiger partial charge on any atom is 0.416 e. The summed E-state index contributed by atoms with van der Waals surface area (Å²) >= 11 is 0. The van der Waals surface area contributed by atoms with Crippen LogP contribution in [0.5, 0.6) is 0 Å². The first-order valence-corrected chi connectivity index (χ1v) is 3.30. The molecule has 0 saturated carbocycles. The van der Waals surface area contributed by atoms with Gasteiger partial charge in [0.25, 0.3) is 0 Å². The molecule has 0 bridgehead atoms. The quantitative estimate of drug-likeness (QED) is 0.646. The van der Waals surface area contributed by atoms with Gasteiger partial charge in [0.1, 0.15) is 0 Å². The Morgan fingerprint density at radius 3 is 1.67 bits per heavy atom. The first-order valence-electron chi connectivity index (χ1n) is 3.30. The molecule has 1 aromatic carbocycles. The molecule has 0 atom stereocenters. The molecular weight excluding hydrogens is 167 g/mol. The lowest BCUT2D eigenvalue weighted by molar-refractivity contribution is -0.137. The summed E-state index contributed by atoms with van der Waals surface area (Å²) in [5.41, 5.74) is 3.90. The molecule has 0 amide bonds. The van der Waals surface area contributed by atoms with Gasteiger partial charge in [-0.25, -0.2) is 0 Å². The van der Waals surface area contributed by atoms with Crippen LogP contribution in [0, 0.1) is 0 Å². The standard InChI is InChI=1S/C7H5F3.CH5N/c8-7(9,10)6-4-2-1-3-5-6;1-2/h1-5H;2H2,1H3. The van der Waals surface area contributed by atoms with Crippen LogP contribution in [0.4, 0.5) is 13.2 Å².